The highest BCUT2D eigenvalue weighted by molar-refractivity contribution is 7.12. The minimum Gasteiger partial charge on any atom is -0.379 e. The first-order valence-corrected chi connectivity index (χ1v) is 7.73. The number of thiophene rings is 1. The monoisotopic (exact) mass is 342 g/mol. The molecular formula is C11H13Cl3N2O2S. The van der Waals surface area contributed by atoms with E-state index >= 15 is 0 Å². The summed E-state index contributed by atoms with van der Waals surface area (Å²) in [4.78, 5) is 14.6. The standard InChI is InChI=1S/C11H13Cl3N2O2S/c12-11(13,14)10(16-3-5-18-6-4-16)15-9(17)8-2-1-7-19-8/h1-2,7,10H,3-6H2,(H,15,17)/t10-/m0/s1. The van der Waals surface area contributed by atoms with Gasteiger partial charge in [0.2, 0.25) is 3.79 Å². The Morgan fingerprint density at radius 2 is 2.11 bits per heavy atom. The van der Waals surface area contributed by atoms with Crippen molar-refractivity contribution in [2.24, 2.45) is 0 Å². The Kier molecular flexibility index (Phi) is 5.34. The van der Waals surface area contributed by atoms with Gasteiger partial charge in [-0.15, -0.1) is 11.3 Å². The highest BCUT2D eigenvalue weighted by Gasteiger charge is 2.39. The van der Waals surface area contributed by atoms with Crippen LogP contribution in [0.4, 0.5) is 0 Å². The first-order valence-electron chi connectivity index (χ1n) is 5.71. The lowest BCUT2D eigenvalue weighted by Crippen LogP contribution is -2.58. The highest BCUT2D eigenvalue weighted by Crippen LogP contribution is 2.32. The molecule has 19 heavy (non-hydrogen) atoms. The maximum atomic E-state index is 12.1. The number of rotatable bonds is 3. The molecule has 1 aromatic heterocycles. The smallest absolute Gasteiger partial charge is 0.262 e. The van der Waals surface area contributed by atoms with Gasteiger partial charge in [-0.2, -0.15) is 0 Å². The van der Waals surface area contributed by atoms with E-state index in [0.717, 1.165) is 0 Å². The average molecular weight is 344 g/mol. The van der Waals surface area contributed by atoms with Crippen LogP contribution in [0.2, 0.25) is 0 Å². The lowest BCUT2D eigenvalue weighted by molar-refractivity contribution is 0.0100. The van der Waals surface area contributed by atoms with Gasteiger partial charge in [0.1, 0.15) is 6.17 Å². The van der Waals surface area contributed by atoms with Gasteiger partial charge in [-0.3, -0.25) is 9.69 Å². The molecular weight excluding hydrogens is 331 g/mol. The van der Waals surface area contributed by atoms with Crippen molar-refractivity contribution in [3.63, 3.8) is 0 Å². The van der Waals surface area contributed by atoms with Crippen molar-refractivity contribution >= 4 is 52.0 Å². The predicted octanol–water partition coefficient (Wildman–Crippen LogP) is 2.51. The first kappa shape index (κ1) is 15.4. The highest BCUT2D eigenvalue weighted by atomic mass is 35.6. The van der Waals surface area contributed by atoms with Crippen molar-refractivity contribution in [1.82, 2.24) is 10.2 Å². The minimum atomic E-state index is -1.59. The summed E-state index contributed by atoms with van der Waals surface area (Å²) in [6, 6.07) is 3.54. The summed E-state index contributed by atoms with van der Waals surface area (Å²) in [5, 5.41) is 4.60. The Morgan fingerprint density at radius 3 is 2.63 bits per heavy atom. The molecule has 0 saturated carbocycles. The van der Waals surface area contributed by atoms with Crippen molar-refractivity contribution in [2.75, 3.05) is 26.3 Å². The summed E-state index contributed by atoms with van der Waals surface area (Å²) in [5.74, 6) is -0.238. The molecule has 0 unspecified atom stereocenters. The number of hydrogen-bond donors (Lipinski definition) is 1. The molecule has 1 N–H and O–H groups in total. The molecule has 4 nitrogen and oxygen atoms in total. The van der Waals surface area contributed by atoms with E-state index in [4.69, 9.17) is 39.5 Å². The molecule has 1 aliphatic heterocycles. The van der Waals surface area contributed by atoms with E-state index in [1.54, 1.807) is 12.1 Å². The van der Waals surface area contributed by atoms with E-state index in [2.05, 4.69) is 5.32 Å². The zero-order valence-electron chi connectivity index (χ0n) is 9.94. The zero-order valence-corrected chi connectivity index (χ0v) is 13.0. The van der Waals surface area contributed by atoms with E-state index in [-0.39, 0.29) is 5.91 Å². The Bertz CT molecular complexity index is 416. The Hall–Kier alpha value is -0.0400. The average Bonchev–Trinajstić information content (AvgIpc) is 2.89. The Morgan fingerprint density at radius 1 is 1.42 bits per heavy atom. The van der Waals surface area contributed by atoms with Crippen molar-refractivity contribution in [1.29, 1.82) is 0 Å². The fraction of sp³-hybridized carbons (Fsp3) is 0.545. The molecule has 0 radical (unpaired) electrons. The lowest BCUT2D eigenvalue weighted by Gasteiger charge is -2.38. The maximum absolute atomic E-state index is 12.1. The summed E-state index contributed by atoms with van der Waals surface area (Å²) in [5.41, 5.74) is 0. The predicted molar refractivity (Wildman–Crippen MR) is 78.3 cm³/mol. The normalized spacial score (nSPS) is 19.1. The summed E-state index contributed by atoms with van der Waals surface area (Å²) in [6.07, 6.45) is -0.670. The van der Waals surface area contributed by atoms with Gasteiger partial charge >= 0.3 is 0 Å². The van der Waals surface area contributed by atoms with Crippen LogP contribution in [0.5, 0.6) is 0 Å². The summed E-state index contributed by atoms with van der Waals surface area (Å²) >= 11 is 19.3. The van der Waals surface area contributed by atoms with Crippen molar-refractivity contribution in [2.45, 2.75) is 9.96 Å². The van der Waals surface area contributed by atoms with Crippen molar-refractivity contribution in [3.8, 4) is 0 Å². The largest absolute Gasteiger partial charge is 0.379 e. The first-order chi connectivity index (χ1) is 8.98. The fourth-order valence-corrected chi connectivity index (χ4v) is 3.02. The molecule has 1 amide bonds. The summed E-state index contributed by atoms with van der Waals surface area (Å²) in [6.45, 7) is 2.35. The van der Waals surface area contributed by atoms with E-state index in [0.29, 0.717) is 31.2 Å². The molecule has 0 aromatic carbocycles. The molecule has 1 aliphatic rings. The third-order valence-corrected chi connectivity index (χ3v) is 4.22. The number of morpholine rings is 1. The van der Waals surface area contributed by atoms with Crippen LogP contribution in [0, 0.1) is 0 Å². The molecule has 2 heterocycles. The van der Waals surface area contributed by atoms with Crippen molar-refractivity contribution < 1.29 is 9.53 Å². The summed E-state index contributed by atoms with van der Waals surface area (Å²) < 4.78 is 3.67. The number of ether oxygens (including phenoxy) is 1. The Balaban J connectivity index is 2.07. The number of halogens is 3. The topological polar surface area (TPSA) is 41.6 Å². The number of hydrogen-bond acceptors (Lipinski definition) is 4. The van der Waals surface area contributed by atoms with Gasteiger partial charge in [0, 0.05) is 13.1 Å². The maximum Gasteiger partial charge on any atom is 0.262 e. The number of nitrogens with zero attached hydrogens (tertiary/aromatic N) is 1. The van der Waals surface area contributed by atoms with Gasteiger partial charge in [0.15, 0.2) is 0 Å². The van der Waals surface area contributed by atoms with Crippen LogP contribution >= 0.6 is 46.1 Å². The van der Waals surface area contributed by atoms with Crippen LogP contribution in [0.3, 0.4) is 0 Å². The van der Waals surface area contributed by atoms with Crippen molar-refractivity contribution in [3.05, 3.63) is 22.4 Å². The second kappa shape index (κ2) is 6.61. The Labute approximate surface area is 130 Å². The molecule has 1 fully saturated rings. The minimum absolute atomic E-state index is 0.238. The lowest BCUT2D eigenvalue weighted by atomic mass is 10.3. The molecule has 1 aromatic rings. The molecule has 2 rings (SSSR count). The van der Waals surface area contributed by atoms with Crippen LogP contribution in [0.1, 0.15) is 9.67 Å². The van der Waals surface area contributed by atoms with E-state index in [9.17, 15) is 4.79 Å². The zero-order chi connectivity index (χ0) is 13.9. The van der Waals surface area contributed by atoms with E-state index in [1.165, 1.54) is 11.3 Å². The number of amides is 1. The molecule has 1 saturated heterocycles. The SMILES string of the molecule is O=C(N[C@@H](N1CCOCC1)C(Cl)(Cl)Cl)c1cccs1. The summed E-state index contributed by atoms with van der Waals surface area (Å²) in [7, 11) is 0. The molecule has 1 atom stereocenters. The third kappa shape index (κ3) is 4.21. The third-order valence-electron chi connectivity index (χ3n) is 2.73. The molecule has 0 spiro atoms. The van der Waals surface area contributed by atoms with E-state index in [1.807, 2.05) is 10.3 Å². The number of alkyl halides is 3. The quantitative estimate of drug-likeness (QED) is 0.858. The van der Waals surface area contributed by atoms with E-state index < -0.39 is 9.96 Å². The van der Waals surface area contributed by atoms with Crippen LogP contribution < -0.4 is 5.32 Å². The van der Waals surface area contributed by atoms with Crippen LogP contribution in [0.25, 0.3) is 0 Å². The van der Waals surface area contributed by atoms with Gasteiger partial charge < -0.3 is 10.1 Å². The molecule has 106 valence electrons. The molecule has 0 aliphatic carbocycles. The number of carbonyl (C=O) groups excluding carboxylic acids is 1. The molecule has 0 bridgehead atoms. The fourth-order valence-electron chi connectivity index (χ4n) is 1.82. The second-order valence-corrected chi connectivity index (χ2v) is 7.36. The van der Waals surface area contributed by atoms with Gasteiger partial charge in [-0.25, -0.2) is 0 Å². The van der Waals surface area contributed by atoms with Crippen LogP contribution in [-0.4, -0.2) is 47.1 Å². The molecule has 8 heteroatoms. The van der Waals surface area contributed by atoms with Crippen LogP contribution in [-0.2, 0) is 4.74 Å². The van der Waals surface area contributed by atoms with Gasteiger partial charge in [-0.05, 0) is 11.4 Å². The number of nitrogens with one attached hydrogen (secondary N) is 1. The second-order valence-electron chi connectivity index (χ2n) is 4.04. The van der Waals surface area contributed by atoms with Gasteiger partial charge in [0.05, 0.1) is 18.1 Å². The van der Waals surface area contributed by atoms with Gasteiger partial charge in [0.25, 0.3) is 5.91 Å². The number of carbonyl (C=O) groups is 1. The van der Waals surface area contributed by atoms with Crippen LogP contribution in [0.15, 0.2) is 17.5 Å². The van der Waals surface area contributed by atoms with Gasteiger partial charge in [-0.1, -0.05) is 40.9 Å².